The molecule has 0 heterocycles. The maximum Gasteiger partial charge on any atom is 0.243 e. The summed E-state index contributed by atoms with van der Waals surface area (Å²) >= 11 is 0. The van der Waals surface area contributed by atoms with Crippen molar-refractivity contribution in [2.75, 3.05) is 0 Å². The molecule has 3 nitrogen and oxygen atoms in total. The standard InChI is InChI=1S/C22H22N2O/c1-17(10-8-9-13-18-11-4-2-5-12-18)23-24-22(25)21-16-20(21)19-14-6-3-7-15-19/h2-15,20-21H,16H2,1H3,(H,24,25)/b10-8+,13-9-,23-17?/t20-,21-/m1/s1. The van der Waals surface area contributed by atoms with Crippen LogP contribution in [-0.4, -0.2) is 11.6 Å². The summed E-state index contributed by atoms with van der Waals surface area (Å²) < 4.78 is 0. The molecule has 2 aromatic rings. The maximum atomic E-state index is 12.2. The minimum atomic E-state index is 0.00132. The van der Waals surface area contributed by atoms with E-state index in [1.54, 1.807) is 0 Å². The summed E-state index contributed by atoms with van der Waals surface area (Å²) in [5.74, 6) is 0.378. The average molecular weight is 330 g/mol. The van der Waals surface area contributed by atoms with Crippen molar-refractivity contribution in [3.63, 3.8) is 0 Å². The highest BCUT2D eigenvalue weighted by atomic mass is 16.2. The van der Waals surface area contributed by atoms with Gasteiger partial charge in [-0.1, -0.05) is 78.9 Å². The lowest BCUT2D eigenvalue weighted by molar-refractivity contribution is -0.122. The number of allylic oxidation sites excluding steroid dienone is 3. The number of hydrogen-bond donors (Lipinski definition) is 1. The number of amides is 1. The van der Waals surface area contributed by atoms with E-state index < -0.39 is 0 Å². The zero-order valence-electron chi connectivity index (χ0n) is 14.3. The van der Waals surface area contributed by atoms with Crippen LogP contribution in [0.25, 0.3) is 6.08 Å². The Kier molecular flexibility index (Phi) is 5.57. The molecule has 3 heteroatoms. The van der Waals surface area contributed by atoms with Gasteiger partial charge in [0.1, 0.15) is 0 Å². The van der Waals surface area contributed by atoms with Gasteiger partial charge in [0.05, 0.1) is 5.71 Å². The number of hydrogen-bond acceptors (Lipinski definition) is 2. The van der Waals surface area contributed by atoms with E-state index in [1.165, 1.54) is 5.56 Å². The van der Waals surface area contributed by atoms with Crippen LogP contribution in [0.3, 0.4) is 0 Å². The van der Waals surface area contributed by atoms with Gasteiger partial charge in [0, 0.05) is 5.92 Å². The van der Waals surface area contributed by atoms with Gasteiger partial charge in [-0.2, -0.15) is 5.10 Å². The molecule has 0 aliphatic heterocycles. The second kappa shape index (κ2) is 8.25. The molecule has 1 saturated carbocycles. The summed E-state index contributed by atoms with van der Waals surface area (Å²) in [7, 11) is 0. The van der Waals surface area contributed by atoms with Crippen molar-refractivity contribution in [3.05, 3.63) is 90.0 Å². The molecule has 25 heavy (non-hydrogen) atoms. The highest BCUT2D eigenvalue weighted by molar-refractivity contribution is 5.94. The lowest BCUT2D eigenvalue weighted by Crippen LogP contribution is -2.21. The third kappa shape index (κ3) is 5.01. The van der Waals surface area contributed by atoms with Crippen molar-refractivity contribution in [3.8, 4) is 0 Å². The Morgan fingerprint density at radius 1 is 1.04 bits per heavy atom. The molecule has 0 bridgehead atoms. The van der Waals surface area contributed by atoms with E-state index >= 15 is 0 Å². The molecule has 3 rings (SSSR count). The lowest BCUT2D eigenvalue weighted by atomic mass is 10.1. The number of carbonyl (C=O) groups excluding carboxylic acids is 1. The lowest BCUT2D eigenvalue weighted by Gasteiger charge is -2.00. The van der Waals surface area contributed by atoms with Crippen LogP contribution in [-0.2, 0) is 4.79 Å². The van der Waals surface area contributed by atoms with Gasteiger partial charge in [0.15, 0.2) is 0 Å². The van der Waals surface area contributed by atoms with Gasteiger partial charge < -0.3 is 0 Å². The van der Waals surface area contributed by atoms with Crippen LogP contribution in [0.1, 0.15) is 30.4 Å². The van der Waals surface area contributed by atoms with Crippen LogP contribution in [0.15, 0.2) is 84.0 Å². The van der Waals surface area contributed by atoms with Gasteiger partial charge in [-0.15, -0.1) is 0 Å². The number of carbonyl (C=O) groups is 1. The summed E-state index contributed by atoms with van der Waals surface area (Å²) in [5, 5.41) is 4.15. The first-order valence-electron chi connectivity index (χ1n) is 8.53. The molecule has 0 saturated heterocycles. The Hall–Kier alpha value is -2.94. The largest absolute Gasteiger partial charge is 0.273 e. The van der Waals surface area contributed by atoms with Crippen molar-refractivity contribution in [1.82, 2.24) is 5.43 Å². The first kappa shape index (κ1) is 16.9. The van der Waals surface area contributed by atoms with Crippen LogP contribution < -0.4 is 5.43 Å². The van der Waals surface area contributed by atoms with E-state index in [4.69, 9.17) is 0 Å². The van der Waals surface area contributed by atoms with Crippen molar-refractivity contribution < 1.29 is 4.79 Å². The van der Waals surface area contributed by atoms with Crippen molar-refractivity contribution in [2.24, 2.45) is 11.0 Å². The summed E-state index contributed by atoms with van der Waals surface area (Å²) in [6.07, 6.45) is 8.68. The maximum absolute atomic E-state index is 12.2. The molecular formula is C22H22N2O. The van der Waals surface area contributed by atoms with Crippen LogP contribution in [0.5, 0.6) is 0 Å². The molecule has 1 amide bonds. The molecule has 2 atom stereocenters. The second-order valence-corrected chi connectivity index (χ2v) is 6.22. The molecule has 0 aromatic heterocycles. The molecule has 1 fully saturated rings. The summed E-state index contributed by atoms with van der Waals surface area (Å²) in [6.45, 7) is 1.87. The number of benzene rings is 2. The topological polar surface area (TPSA) is 41.5 Å². The van der Waals surface area contributed by atoms with Crippen molar-refractivity contribution in [2.45, 2.75) is 19.3 Å². The first-order valence-corrected chi connectivity index (χ1v) is 8.53. The monoisotopic (exact) mass is 330 g/mol. The average Bonchev–Trinajstić information content (AvgIpc) is 3.46. The van der Waals surface area contributed by atoms with Crippen molar-refractivity contribution in [1.29, 1.82) is 0 Å². The molecule has 0 unspecified atom stereocenters. The SMILES string of the molecule is CC(/C=C/C=C\c1ccccc1)=NNC(=O)[C@@H]1C[C@@H]1c1ccccc1. The van der Waals surface area contributed by atoms with E-state index in [2.05, 4.69) is 22.7 Å². The Labute approximate surface area is 148 Å². The molecule has 1 aliphatic rings. The van der Waals surface area contributed by atoms with Gasteiger partial charge in [0.2, 0.25) is 5.91 Å². The zero-order chi connectivity index (χ0) is 17.5. The van der Waals surface area contributed by atoms with Crippen LogP contribution in [0.2, 0.25) is 0 Å². The Balaban J connectivity index is 1.46. The van der Waals surface area contributed by atoms with E-state index in [-0.39, 0.29) is 11.8 Å². The highest BCUT2D eigenvalue weighted by Gasteiger charge is 2.43. The minimum absolute atomic E-state index is 0.00132. The summed E-state index contributed by atoms with van der Waals surface area (Å²) in [6, 6.07) is 20.3. The number of nitrogens with zero attached hydrogens (tertiary/aromatic N) is 1. The molecule has 126 valence electrons. The second-order valence-electron chi connectivity index (χ2n) is 6.22. The normalized spacial score (nSPS) is 20.1. The third-order valence-corrected chi connectivity index (χ3v) is 4.23. The Morgan fingerprint density at radius 3 is 2.44 bits per heavy atom. The minimum Gasteiger partial charge on any atom is -0.273 e. The van der Waals surface area contributed by atoms with Gasteiger partial charge in [-0.25, -0.2) is 5.43 Å². The van der Waals surface area contributed by atoms with Gasteiger partial charge in [-0.05, 0) is 36.5 Å². The van der Waals surface area contributed by atoms with E-state index in [1.807, 2.05) is 79.8 Å². The Bertz CT molecular complexity index is 791. The zero-order valence-corrected chi connectivity index (χ0v) is 14.3. The highest BCUT2D eigenvalue weighted by Crippen LogP contribution is 2.47. The van der Waals surface area contributed by atoms with Gasteiger partial charge >= 0.3 is 0 Å². The molecular weight excluding hydrogens is 308 g/mol. The van der Waals surface area contributed by atoms with Gasteiger partial charge in [0.25, 0.3) is 0 Å². The fourth-order valence-corrected chi connectivity index (χ4v) is 2.74. The quantitative estimate of drug-likeness (QED) is 0.471. The van der Waals surface area contributed by atoms with Crippen LogP contribution in [0.4, 0.5) is 0 Å². The van der Waals surface area contributed by atoms with E-state index in [0.717, 1.165) is 17.7 Å². The van der Waals surface area contributed by atoms with E-state index in [9.17, 15) is 4.79 Å². The van der Waals surface area contributed by atoms with Crippen LogP contribution in [0, 0.1) is 5.92 Å². The van der Waals surface area contributed by atoms with Crippen molar-refractivity contribution >= 4 is 17.7 Å². The first-order chi connectivity index (χ1) is 12.2. The fourth-order valence-electron chi connectivity index (χ4n) is 2.74. The predicted molar refractivity (Wildman–Crippen MR) is 103 cm³/mol. The smallest absolute Gasteiger partial charge is 0.243 e. The number of nitrogens with one attached hydrogen (secondary N) is 1. The molecule has 0 radical (unpaired) electrons. The number of rotatable bonds is 6. The summed E-state index contributed by atoms with van der Waals surface area (Å²) in [4.78, 5) is 12.2. The predicted octanol–water partition coefficient (Wildman–Crippen LogP) is 4.55. The number of hydrazone groups is 1. The third-order valence-electron chi connectivity index (χ3n) is 4.23. The molecule has 1 N–H and O–H groups in total. The van der Waals surface area contributed by atoms with Gasteiger partial charge in [-0.3, -0.25) is 4.79 Å². The molecule has 1 aliphatic carbocycles. The Morgan fingerprint density at radius 2 is 1.72 bits per heavy atom. The molecule has 2 aromatic carbocycles. The molecule has 0 spiro atoms. The van der Waals surface area contributed by atoms with Crippen LogP contribution >= 0.6 is 0 Å². The summed E-state index contributed by atoms with van der Waals surface area (Å²) in [5.41, 5.74) is 5.82. The van der Waals surface area contributed by atoms with E-state index in [0.29, 0.717) is 5.92 Å². The fraction of sp³-hybridized carbons (Fsp3) is 0.182.